The number of carbonyl (C=O) groups is 1. The lowest BCUT2D eigenvalue weighted by Crippen LogP contribution is -2.36. The van der Waals surface area contributed by atoms with Gasteiger partial charge in [0.05, 0.1) is 26.9 Å². The third-order valence-electron chi connectivity index (χ3n) is 5.26. The maximum absolute atomic E-state index is 12.8. The molecule has 6 nitrogen and oxygen atoms in total. The van der Waals surface area contributed by atoms with Crippen molar-refractivity contribution in [2.45, 2.75) is 25.8 Å². The smallest absolute Gasteiger partial charge is 0.251 e. The quantitative estimate of drug-likeness (QED) is 0.698. The largest absolute Gasteiger partial charge is 0.497 e. The summed E-state index contributed by atoms with van der Waals surface area (Å²) >= 11 is 0. The van der Waals surface area contributed by atoms with Crippen LogP contribution in [0.2, 0.25) is 0 Å². The van der Waals surface area contributed by atoms with Gasteiger partial charge in [-0.25, -0.2) is 0 Å². The summed E-state index contributed by atoms with van der Waals surface area (Å²) in [4.78, 5) is 15.2. The fraction of sp³-hybridized carbons (Fsp3) is 0.435. The van der Waals surface area contributed by atoms with E-state index >= 15 is 0 Å². The van der Waals surface area contributed by atoms with Crippen LogP contribution >= 0.6 is 0 Å². The SMILES string of the molecule is CCOc1ccc(C(=O)NCC(c2ccc(OC)cc2)N2CCCC2)cc1OC. The number of amides is 1. The second kappa shape index (κ2) is 10.2. The molecule has 2 aromatic rings. The summed E-state index contributed by atoms with van der Waals surface area (Å²) in [5.41, 5.74) is 1.73. The molecule has 0 aromatic heterocycles. The lowest BCUT2D eigenvalue weighted by Gasteiger charge is -2.28. The Morgan fingerprint density at radius 2 is 1.76 bits per heavy atom. The Bertz CT molecular complexity index is 801. The molecule has 0 bridgehead atoms. The number of carbonyl (C=O) groups excluding carboxylic acids is 1. The molecule has 3 rings (SSSR count). The number of nitrogens with zero attached hydrogens (tertiary/aromatic N) is 1. The summed E-state index contributed by atoms with van der Waals surface area (Å²) in [5.74, 6) is 1.91. The van der Waals surface area contributed by atoms with Gasteiger partial charge in [-0.05, 0) is 68.8 Å². The predicted octanol–water partition coefficient (Wildman–Crippen LogP) is 3.67. The van der Waals surface area contributed by atoms with Crippen LogP contribution in [-0.4, -0.2) is 51.3 Å². The van der Waals surface area contributed by atoms with Crippen LogP contribution in [0.1, 0.15) is 41.7 Å². The van der Waals surface area contributed by atoms with E-state index in [9.17, 15) is 4.79 Å². The minimum atomic E-state index is -0.121. The first-order chi connectivity index (χ1) is 14.2. The molecule has 1 atom stereocenters. The van der Waals surface area contributed by atoms with E-state index in [0.717, 1.165) is 18.8 Å². The van der Waals surface area contributed by atoms with Crippen molar-refractivity contribution >= 4 is 5.91 Å². The van der Waals surface area contributed by atoms with Gasteiger partial charge in [0, 0.05) is 12.1 Å². The minimum absolute atomic E-state index is 0.121. The molecule has 0 aliphatic carbocycles. The molecule has 1 heterocycles. The van der Waals surface area contributed by atoms with E-state index in [1.54, 1.807) is 32.4 Å². The highest BCUT2D eigenvalue weighted by molar-refractivity contribution is 5.94. The predicted molar refractivity (Wildman–Crippen MR) is 113 cm³/mol. The Balaban J connectivity index is 1.72. The van der Waals surface area contributed by atoms with E-state index in [2.05, 4.69) is 22.3 Å². The molecule has 1 aliphatic rings. The van der Waals surface area contributed by atoms with Crippen LogP contribution in [0.5, 0.6) is 17.2 Å². The van der Waals surface area contributed by atoms with Crippen LogP contribution in [0.3, 0.4) is 0 Å². The first-order valence-electron chi connectivity index (χ1n) is 10.1. The molecule has 1 amide bonds. The lowest BCUT2D eigenvalue weighted by atomic mass is 10.0. The summed E-state index contributed by atoms with van der Waals surface area (Å²) in [6, 6.07) is 13.5. The van der Waals surface area contributed by atoms with Gasteiger partial charge in [-0.15, -0.1) is 0 Å². The molecule has 29 heavy (non-hydrogen) atoms. The number of nitrogens with one attached hydrogen (secondary N) is 1. The molecule has 0 spiro atoms. The van der Waals surface area contributed by atoms with Gasteiger partial charge in [-0.3, -0.25) is 9.69 Å². The van der Waals surface area contributed by atoms with Crippen molar-refractivity contribution in [3.05, 3.63) is 53.6 Å². The van der Waals surface area contributed by atoms with Crippen LogP contribution in [0.15, 0.2) is 42.5 Å². The standard InChI is InChI=1S/C23H30N2O4/c1-4-29-21-12-9-18(15-22(21)28-3)23(26)24-16-20(25-13-5-6-14-25)17-7-10-19(27-2)11-8-17/h7-12,15,20H,4-6,13-14,16H2,1-3H3,(H,24,26). The molecule has 2 aromatic carbocycles. The molecular formula is C23H30N2O4. The topological polar surface area (TPSA) is 60.0 Å². The average Bonchev–Trinajstić information content (AvgIpc) is 3.29. The Morgan fingerprint density at radius 1 is 1.03 bits per heavy atom. The van der Waals surface area contributed by atoms with Gasteiger partial charge in [0.15, 0.2) is 11.5 Å². The number of methoxy groups -OCH3 is 2. The van der Waals surface area contributed by atoms with Gasteiger partial charge >= 0.3 is 0 Å². The summed E-state index contributed by atoms with van der Waals surface area (Å²) in [7, 11) is 3.24. The number of likely N-dealkylation sites (tertiary alicyclic amines) is 1. The normalized spacial score (nSPS) is 15.0. The van der Waals surface area contributed by atoms with Crippen molar-refractivity contribution in [2.24, 2.45) is 0 Å². The lowest BCUT2D eigenvalue weighted by molar-refractivity contribution is 0.0937. The molecule has 1 saturated heterocycles. The van der Waals surface area contributed by atoms with Crippen LogP contribution in [0, 0.1) is 0 Å². The van der Waals surface area contributed by atoms with Gasteiger partial charge in [0.2, 0.25) is 0 Å². The highest BCUT2D eigenvalue weighted by Crippen LogP contribution is 2.29. The van der Waals surface area contributed by atoms with E-state index in [1.807, 2.05) is 19.1 Å². The zero-order valence-corrected chi connectivity index (χ0v) is 17.4. The fourth-order valence-electron chi connectivity index (χ4n) is 3.71. The number of hydrogen-bond donors (Lipinski definition) is 1. The number of benzene rings is 2. The number of rotatable bonds is 9. The average molecular weight is 399 g/mol. The van der Waals surface area contributed by atoms with Crippen molar-refractivity contribution in [3.63, 3.8) is 0 Å². The van der Waals surface area contributed by atoms with Gasteiger partial charge in [-0.1, -0.05) is 12.1 Å². The molecule has 0 saturated carbocycles. The molecule has 1 fully saturated rings. The Labute approximate surface area is 172 Å². The molecule has 1 aliphatic heterocycles. The fourth-order valence-corrected chi connectivity index (χ4v) is 3.71. The molecule has 1 unspecified atom stereocenters. The van der Waals surface area contributed by atoms with Gasteiger partial charge in [0.25, 0.3) is 5.91 Å². The van der Waals surface area contributed by atoms with Gasteiger partial charge < -0.3 is 19.5 Å². The molecule has 1 N–H and O–H groups in total. The zero-order valence-electron chi connectivity index (χ0n) is 17.4. The monoisotopic (exact) mass is 398 g/mol. The van der Waals surface area contributed by atoms with Gasteiger partial charge in [-0.2, -0.15) is 0 Å². The van der Waals surface area contributed by atoms with Gasteiger partial charge in [0.1, 0.15) is 5.75 Å². The van der Waals surface area contributed by atoms with E-state index in [1.165, 1.54) is 18.4 Å². The first kappa shape index (κ1) is 21.0. The number of ether oxygens (including phenoxy) is 3. The summed E-state index contributed by atoms with van der Waals surface area (Å²) in [5, 5.41) is 3.10. The zero-order chi connectivity index (χ0) is 20.6. The Morgan fingerprint density at radius 3 is 2.38 bits per heavy atom. The second-order valence-corrected chi connectivity index (χ2v) is 7.04. The molecule has 156 valence electrons. The van der Waals surface area contributed by atoms with Crippen molar-refractivity contribution in [2.75, 3.05) is 40.5 Å². The summed E-state index contributed by atoms with van der Waals surface area (Å²) in [6.07, 6.45) is 2.38. The van der Waals surface area contributed by atoms with Crippen LogP contribution in [-0.2, 0) is 0 Å². The minimum Gasteiger partial charge on any atom is -0.497 e. The summed E-state index contributed by atoms with van der Waals surface area (Å²) in [6.45, 7) is 5.09. The molecule has 6 heteroatoms. The van der Waals surface area contributed by atoms with E-state index < -0.39 is 0 Å². The van der Waals surface area contributed by atoms with E-state index in [0.29, 0.717) is 30.2 Å². The Kier molecular flexibility index (Phi) is 7.36. The van der Waals surface area contributed by atoms with Crippen molar-refractivity contribution < 1.29 is 19.0 Å². The molecule has 0 radical (unpaired) electrons. The van der Waals surface area contributed by atoms with Crippen molar-refractivity contribution in [1.82, 2.24) is 10.2 Å². The second-order valence-electron chi connectivity index (χ2n) is 7.04. The van der Waals surface area contributed by atoms with E-state index in [4.69, 9.17) is 14.2 Å². The summed E-state index contributed by atoms with van der Waals surface area (Å²) < 4.78 is 16.2. The first-order valence-corrected chi connectivity index (χ1v) is 10.1. The highest BCUT2D eigenvalue weighted by atomic mass is 16.5. The third-order valence-corrected chi connectivity index (χ3v) is 5.26. The number of hydrogen-bond acceptors (Lipinski definition) is 5. The van der Waals surface area contributed by atoms with Crippen molar-refractivity contribution in [3.8, 4) is 17.2 Å². The van der Waals surface area contributed by atoms with Crippen LogP contribution in [0.4, 0.5) is 0 Å². The third kappa shape index (κ3) is 5.21. The maximum atomic E-state index is 12.8. The van der Waals surface area contributed by atoms with Crippen LogP contribution in [0.25, 0.3) is 0 Å². The molecular weight excluding hydrogens is 368 g/mol. The maximum Gasteiger partial charge on any atom is 0.251 e. The van der Waals surface area contributed by atoms with E-state index in [-0.39, 0.29) is 11.9 Å². The Hall–Kier alpha value is -2.73. The van der Waals surface area contributed by atoms with Crippen LogP contribution < -0.4 is 19.5 Å². The van der Waals surface area contributed by atoms with Crippen molar-refractivity contribution in [1.29, 1.82) is 0 Å². The highest BCUT2D eigenvalue weighted by Gasteiger charge is 2.24.